The van der Waals surface area contributed by atoms with E-state index >= 15 is 0 Å². The second-order valence-corrected chi connectivity index (χ2v) is 20.8. The molecule has 0 heterocycles. The minimum absolute atomic E-state index is 0.0895. The van der Waals surface area contributed by atoms with Gasteiger partial charge in [0.25, 0.3) is 0 Å². The Morgan fingerprint density at radius 2 is 0.537 bits per heavy atom. The minimum Gasteiger partial charge on any atom is -0.462 e. The lowest BCUT2D eigenvalue weighted by Gasteiger charge is -2.15. The Hall–Kier alpha value is -5.00. The molecule has 0 amide bonds. The zero-order valence-corrected chi connectivity index (χ0v) is 51.3. The van der Waals surface area contributed by atoms with Gasteiger partial charge < -0.3 is 14.6 Å². The quantitative estimate of drug-likeness (QED) is 0.0373. The van der Waals surface area contributed by atoms with Crippen molar-refractivity contribution in [3.05, 3.63) is 182 Å². The molecular weight excluding hydrogens is 981 g/mol. The highest BCUT2D eigenvalue weighted by Crippen LogP contribution is 2.14. The lowest BCUT2D eigenvalue weighted by molar-refractivity contribution is -0.161. The molecule has 1 unspecified atom stereocenters. The summed E-state index contributed by atoms with van der Waals surface area (Å²) >= 11 is 0. The zero-order valence-electron chi connectivity index (χ0n) is 51.3. The van der Waals surface area contributed by atoms with Crippen LogP contribution in [0.1, 0.15) is 258 Å². The van der Waals surface area contributed by atoms with Crippen LogP contribution < -0.4 is 0 Å². The molecule has 0 saturated carbocycles. The number of hydrogen-bond donors (Lipinski definition) is 1. The van der Waals surface area contributed by atoms with Gasteiger partial charge in [-0.1, -0.05) is 286 Å². The maximum absolute atomic E-state index is 12.3. The molecule has 80 heavy (non-hydrogen) atoms. The first-order valence-electron chi connectivity index (χ1n) is 32.3. The number of unbranched alkanes of at least 4 members (excludes halogenated alkanes) is 19. The normalized spacial score (nSPS) is 13.5. The third-order valence-corrected chi connectivity index (χ3v) is 13.2. The monoisotopic (exact) mass is 1100 g/mol. The second kappa shape index (κ2) is 68.3. The molecule has 0 spiro atoms. The van der Waals surface area contributed by atoms with Crippen LogP contribution in [-0.4, -0.2) is 36.4 Å². The summed E-state index contributed by atoms with van der Waals surface area (Å²) in [7, 11) is 0. The van der Waals surface area contributed by atoms with Crippen LogP contribution in [-0.2, 0) is 19.1 Å². The highest BCUT2D eigenvalue weighted by atomic mass is 16.6. The maximum atomic E-state index is 12.3. The number of carbonyl (C=O) groups is 2. The molecule has 5 heteroatoms. The smallest absolute Gasteiger partial charge is 0.306 e. The predicted molar refractivity (Wildman–Crippen MR) is 352 cm³/mol. The molecule has 0 aromatic rings. The van der Waals surface area contributed by atoms with Crippen LogP contribution >= 0.6 is 0 Å². The van der Waals surface area contributed by atoms with Crippen molar-refractivity contribution in [3.63, 3.8) is 0 Å². The lowest BCUT2D eigenvalue weighted by Crippen LogP contribution is -2.28. The molecule has 1 N–H and O–H groups in total. The SMILES string of the molecule is CC/C=C\C/C=C\C/C=C\C/C=C\C/C=C\C/C=C\C/C=C\C/C=C\C/C=C\C/C=C\C/C=C\C/C=C\CCCCCCC(=O)OC(CO)COC(=O)CCCCCCCCCCCC/C=C\C/C=C\C/C=C\CCCCCCC. The Morgan fingerprint density at radius 3 is 0.812 bits per heavy atom. The van der Waals surface area contributed by atoms with Gasteiger partial charge in [0.2, 0.25) is 0 Å². The lowest BCUT2D eigenvalue weighted by atomic mass is 10.1. The van der Waals surface area contributed by atoms with Gasteiger partial charge in [0.15, 0.2) is 6.10 Å². The molecule has 0 saturated heterocycles. The topological polar surface area (TPSA) is 72.8 Å². The molecule has 5 nitrogen and oxygen atoms in total. The molecule has 0 rings (SSSR count). The summed E-state index contributed by atoms with van der Waals surface area (Å²) in [6.45, 7) is 3.99. The van der Waals surface area contributed by atoms with Crippen molar-refractivity contribution < 1.29 is 24.2 Å². The first kappa shape index (κ1) is 75.0. The van der Waals surface area contributed by atoms with E-state index in [9.17, 15) is 14.7 Å². The Morgan fingerprint density at radius 1 is 0.300 bits per heavy atom. The van der Waals surface area contributed by atoms with Crippen molar-refractivity contribution in [2.45, 2.75) is 264 Å². The van der Waals surface area contributed by atoms with Crippen LogP contribution in [0.15, 0.2) is 182 Å². The third-order valence-electron chi connectivity index (χ3n) is 13.2. The average Bonchev–Trinajstić information content (AvgIpc) is 3.46. The minimum atomic E-state index is -0.803. The van der Waals surface area contributed by atoms with E-state index in [1.165, 1.54) is 89.9 Å². The van der Waals surface area contributed by atoms with E-state index in [0.29, 0.717) is 12.8 Å². The Balaban J connectivity index is 3.66. The van der Waals surface area contributed by atoms with Crippen molar-refractivity contribution >= 4 is 11.9 Å². The summed E-state index contributed by atoms with van der Waals surface area (Å²) < 4.78 is 10.7. The van der Waals surface area contributed by atoms with Gasteiger partial charge in [-0.3, -0.25) is 9.59 Å². The zero-order chi connectivity index (χ0) is 57.6. The van der Waals surface area contributed by atoms with Crippen LogP contribution in [0, 0.1) is 0 Å². The number of aliphatic hydroxyl groups is 1. The Bertz CT molecular complexity index is 1820. The van der Waals surface area contributed by atoms with E-state index < -0.39 is 6.10 Å². The van der Waals surface area contributed by atoms with Gasteiger partial charge in [-0.2, -0.15) is 0 Å². The van der Waals surface area contributed by atoms with Crippen LogP contribution in [0.25, 0.3) is 0 Å². The van der Waals surface area contributed by atoms with Gasteiger partial charge in [0, 0.05) is 12.8 Å². The van der Waals surface area contributed by atoms with Gasteiger partial charge in [-0.25, -0.2) is 0 Å². The van der Waals surface area contributed by atoms with E-state index in [-0.39, 0.29) is 25.2 Å². The van der Waals surface area contributed by atoms with Gasteiger partial charge in [0.05, 0.1) is 6.61 Å². The van der Waals surface area contributed by atoms with Gasteiger partial charge in [-0.05, 0) is 141 Å². The van der Waals surface area contributed by atoms with Gasteiger partial charge in [-0.15, -0.1) is 0 Å². The average molecular weight is 1100 g/mol. The van der Waals surface area contributed by atoms with Crippen molar-refractivity contribution in [1.29, 1.82) is 0 Å². The molecule has 0 aromatic carbocycles. The molecule has 0 bridgehead atoms. The predicted octanol–water partition coefficient (Wildman–Crippen LogP) is 22.6. The van der Waals surface area contributed by atoms with E-state index in [2.05, 4.69) is 196 Å². The summed E-state index contributed by atoms with van der Waals surface area (Å²) in [5, 5.41) is 9.68. The number of aliphatic hydroxyl groups excluding tert-OH is 1. The Labute approximate surface area is 493 Å². The molecule has 0 aliphatic rings. The number of allylic oxidation sites excluding steroid dienone is 30. The molecule has 0 aliphatic carbocycles. The summed E-state index contributed by atoms with van der Waals surface area (Å²) in [6, 6.07) is 0. The largest absolute Gasteiger partial charge is 0.462 e. The summed E-state index contributed by atoms with van der Waals surface area (Å²) in [5.41, 5.74) is 0. The van der Waals surface area contributed by atoms with Crippen molar-refractivity contribution in [3.8, 4) is 0 Å². The van der Waals surface area contributed by atoms with E-state index in [1.807, 2.05) is 0 Å². The summed E-state index contributed by atoms with van der Waals surface area (Å²) in [5.74, 6) is -0.634. The molecule has 0 radical (unpaired) electrons. The second-order valence-electron chi connectivity index (χ2n) is 20.8. The number of esters is 2. The highest BCUT2D eigenvalue weighted by Gasteiger charge is 2.16. The molecule has 448 valence electrons. The number of hydrogen-bond acceptors (Lipinski definition) is 5. The Kier molecular flexibility index (Phi) is 64.0. The highest BCUT2D eigenvalue weighted by molar-refractivity contribution is 5.70. The van der Waals surface area contributed by atoms with E-state index in [0.717, 1.165) is 141 Å². The summed E-state index contributed by atoms with van der Waals surface area (Å²) in [4.78, 5) is 24.6. The van der Waals surface area contributed by atoms with Crippen molar-refractivity contribution in [2.75, 3.05) is 13.2 Å². The molecule has 0 aliphatic heterocycles. The third kappa shape index (κ3) is 65.5. The van der Waals surface area contributed by atoms with Gasteiger partial charge in [0.1, 0.15) is 6.61 Å². The van der Waals surface area contributed by atoms with Gasteiger partial charge >= 0.3 is 11.9 Å². The first-order chi connectivity index (χ1) is 39.6. The number of ether oxygens (including phenoxy) is 2. The molecule has 0 fully saturated rings. The van der Waals surface area contributed by atoms with Crippen LogP contribution in [0.2, 0.25) is 0 Å². The van der Waals surface area contributed by atoms with Crippen molar-refractivity contribution in [1.82, 2.24) is 0 Å². The van der Waals surface area contributed by atoms with E-state index in [1.54, 1.807) is 0 Å². The number of carbonyl (C=O) groups excluding carboxylic acids is 2. The van der Waals surface area contributed by atoms with Crippen molar-refractivity contribution in [2.24, 2.45) is 0 Å². The van der Waals surface area contributed by atoms with E-state index in [4.69, 9.17) is 9.47 Å². The van der Waals surface area contributed by atoms with Crippen LogP contribution in [0.4, 0.5) is 0 Å². The molecular formula is C75H118O5. The van der Waals surface area contributed by atoms with Crippen LogP contribution in [0.5, 0.6) is 0 Å². The first-order valence-corrected chi connectivity index (χ1v) is 32.3. The fourth-order valence-corrected chi connectivity index (χ4v) is 8.37. The molecule has 1 atom stereocenters. The maximum Gasteiger partial charge on any atom is 0.306 e. The fourth-order valence-electron chi connectivity index (χ4n) is 8.37. The summed E-state index contributed by atoms with van der Waals surface area (Å²) in [6.07, 6.45) is 107. The molecule has 0 aromatic heterocycles. The standard InChI is InChI=1S/C75H118O5/c1-3-5-7-9-11-13-15-17-19-21-23-25-27-29-30-31-32-33-34-35-36-37-38-39-40-41-42-43-44-46-48-50-52-54-56-58-60-62-64-66-68-70-75(78)80-73(71-76)72-79-74(77)69-67-65-63-61-59-57-55-53-51-49-47-45-28-26-24-22-20-18-16-14-12-10-8-6-4-2/h5,7,11,13,16-19,22-25,28-30,32-33,35-36,38-39,41-42,44-46,50,52,56,58,73,76H,3-4,6,8-10,12,14-15,20-21,26-27,31,34,37,40,43,47-49,51,53-55,57,59-72H2,1-2H3/b7-5-,13-11-,18-16-,19-17-,24-22-,25-23-,30-29-,33-32-,36-35-,39-38-,42-41-,45-28-,46-44-,52-50-,58-56-. The number of rotatable bonds is 57. The fraction of sp³-hybridized carbons (Fsp3) is 0.573. The van der Waals surface area contributed by atoms with Crippen LogP contribution in [0.3, 0.4) is 0 Å².